The Bertz CT molecular complexity index is 411. The zero-order valence-electron chi connectivity index (χ0n) is 10.0. The molecule has 1 aliphatic heterocycles. The molecule has 2 rings (SSSR count). The first kappa shape index (κ1) is 10.9. The van der Waals surface area contributed by atoms with Crippen LogP contribution < -0.4 is 5.73 Å². The van der Waals surface area contributed by atoms with Crippen molar-refractivity contribution < 1.29 is 0 Å². The van der Waals surface area contributed by atoms with Gasteiger partial charge in [-0.05, 0) is 38.0 Å². The molecule has 0 fully saturated rings. The van der Waals surface area contributed by atoms with Gasteiger partial charge in [0.25, 0.3) is 0 Å². The fourth-order valence-corrected chi connectivity index (χ4v) is 2.21. The van der Waals surface area contributed by atoms with Crippen molar-refractivity contribution in [3.63, 3.8) is 0 Å². The van der Waals surface area contributed by atoms with Crippen LogP contribution in [0, 0.1) is 6.92 Å². The van der Waals surface area contributed by atoms with E-state index < -0.39 is 0 Å². The molecule has 0 spiro atoms. The largest absolute Gasteiger partial charge is 0.370 e. The highest BCUT2D eigenvalue weighted by molar-refractivity contribution is 5.80. The Morgan fingerprint density at radius 1 is 1.50 bits per heavy atom. The minimum atomic E-state index is 0.244. The van der Waals surface area contributed by atoms with Crippen LogP contribution in [0.1, 0.15) is 31.0 Å². The highest BCUT2D eigenvalue weighted by Crippen LogP contribution is 2.28. The molecule has 2 N–H and O–H groups in total. The Hall–Kier alpha value is -1.58. The number of hydrogen-bond acceptors (Lipinski definition) is 4. The Labute approximate surface area is 96.2 Å². The average molecular weight is 218 g/mol. The van der Waals surface area contributed by atoms with E-state index in [-0.39, 0.29) is 6.04 Å². The second-order valence-electron chi connectivity index (χ2n) is 4.45. The number of rotatable bonds is 2. The number of nitrogens with zero attached hydrogens (tertiary/aromatic N) is 3. The summed E-state index contributed by atoms with van der Waals surface area (Å²) in [6, 6.07) is 2.63. The third-order valence-electron chi connectivity index (χ3n) is 3.02. The summed E-state index contributed by atoms with van der Waals surface area (Å²) in [5.41, 5.74) is 8.38. The van der Waals surface area contributed by atoms with Crippen LogP contribution in [0.2, 0.25) is 0 Å². The highest BCUT2D eigenvalue weighted by atomic mass is 15.3. The lowest BCUT2D eigenvalue weighted by molar-refractivity contribution is 0.289. The second kappa shape index (κ2) is 4.12. The Morgan fingerprint density at radius 3 is 2.88 bits per heavy atom. The molecule has 1 atom stereocenters. The second-order valence-corrected chi connectivity index (χ2v) is 4.45. The topological polar surface area (TPSA) is 54.5 Å². The number of guanidine groups is 1. The molecule has 4 heteroatoms. The van der Waals surface area contributed by atoms with Gasteiger partial charge < -0.3 is 10.6 Å². The molecule has 0 aliphatic carbocycles. The van der Waals surface area contributed by atoms with Gasteiger partial charge in [-0.3, -0.25) is 9.98 Å². The monoisotopic (exact) mass is 218 g/mol. The molecular formula is C12H18N4. The van der Waals surface area contributed by atoms with Crippen molar-refractivity contribution in [1.29, 1.82) is 0 Å². The van der Waals surface area contributed by atoms with Gasteiger partial charge in [-0.1, -0.05) is 0 Å². The van der Waals surface area contributed by atoms with Crippen LogP contribution >= 0.6 is 0 Å². The summed E-state index contributed by atoms with van der Waals surface area (Å²) in [7, 11) is 0. The van der Waals surface area contributed by atoms with Gasteiger partial charge in [-0.25, -0.2) is 0 Å². The van der Waals surface area contributed by atoms with E-state index in [1.165, 1.54) is 11.1 Å². The van der Waals surface area contributed by atoms with E-state index in [2.05, 4.69) is 35.6 Å². The Kier molecular flexibility index (Phi) is 2.81. The van der Waals surface area contributed by atoms with E-state index in [4.69, 9.17) is 5.73 Å². The summed E-state index contributed by atoms with van der Waals surface area (Å²) in [5, 5.41) is 0. The van der Waals surface area contributed by atoms with Crippen molar-refractivity contribution >= 4 is 5.96 Å². The zero-order valence-corrected chi connectivity index (χ0v) is 10.0. The lowest BCUT2D eigenvalue weighted by atomic mass is 10.0. The predicted molar refractivity (Wildman–Crippen MR) is 65.2 cm³/mol. The molecule has 1 aromatic heterocycles. The summed E-state index contributed by atoms with van der Waals surface area (Å²) < 4.78 is 0. The predicted octanol–water partition coefficient (Wildman–Crippen LogP) is 1.47. The van der Waals surface area contributed by atoms with Gasteiger partial charge in [0.15, 0.2) is 5.96 Å². The van der Waals surface area contributed by atoms with Crippen LogP contribution in [0.15, 0.2) is 23.5 Å². The van der Waals surface area contributed by atoms with Crippen molar-refractivity contribution in [1.82, 2.24) is 9.88 Å². The minimum absolute atomic E-state index is 0.244. The van der Waals surface area contributed by atoms with E-state index in [9.17, 15) is 0 Å². The number of pyridine rings is 1. The zero-order chi connectivity index (χ0) is 11.7. The van der Waals surface area contributed by atoms with Gasteiger partial charge in [0.2, 0.25) is 0 Å². The first-order valence-electron chi connectivity index (χ1n) is 5.60. The number of aromatic nitrogens is 1. The average Bonchev–Trinajstić information content (AvgIpc) is 2.61. The van der Waals surface area contributed by atoms with E-state index in [0.717, 1.165) is 6.54 Å². The number of aliphatic imine (C=N–C) groups is 1. The fourth-order valence-electron chi connectivity index (χ4n) is 2.21. The standard InChI is InChI=1S/C12H18N4/c1-8(2)16-11(7-15-12(16)13)10-6-14-5-4-9(10)3/h4-6,8,11H,7H2,1-3H3,(H2,13,15). The molecular weight excluding hydrogens is 200 g/mol. The van der Waals surface area contributed by atoms with Crippen molar-refractivity contribution in [3.8, 4) is 0 Å². The van der Waals surface area contributed by atoms with Gasteiger partial charge >= 0.3 is 0 Å². The molecule has 1 aliphatic rings. The summed E-state index contributed by atoms with van der Waals surface area (Å²) in [6.07, 6.45) is 3.74. The van der Waals surface area contributed by atoms with Gasteiger partial charge in [0.1, 0.15) is 0 Å². The summed E-state index contributed by atoms with van der Waals surface area (Å²) in [6.45, 7) is 7.10. The SMILES string of the molecule is Cc1ccncc1C1CN=C(N)N1C(C)C. The van der Waals surface area contributed by atoms with Crippen LogP contribution in [0.3, 0.4) is 0 Å². The maximum absolute atomic E-state index is 5.91. The van der Waals surface area contributed by atoms with Crippen LogP contribution in [0.25, 0.3) is 0 Å². The fraction of sp³-hybridized carbons (Fsp3) is 0.500. The summed E-state index contributed by atoms with van der Waals surface area (Å²) in [4.78, 5) is 10.7. The first-order chi connectivity index (χ1) is 7.61. The van der Waals surface area contributed by atoms with E-state index >= 15 is 0 Å². The van der Waals surface area contributed by atoms with Gasteiger partial charge in [0.05, 0.1) is 12.6 Å². The van der Waals surface area contributed by atoms with Crippen molar-refractivity contribution in [3.05, 3.63) is 29.6 Å². The van der Waals surface area contributed by atoms with Gasteiger partial charge in [-0.15, -0.1) is 0 Å². The normalized spacial score (nSPS) is 20.4. The molecule has 2 heterocycles. The van der Waals surface area contributed by atoms with Crippen molar-refractivity contribution in [2.75, 3.05) is 6.54 Å². The van der Waals surface area contributed by atoms with Gasteiger partial charge in [0, 0.05) is 18.4 Å². The smallest absolute Gasteiger partial charge is 0.192 e. The number of hydrogen-bond donors (Lipinski definition) is 1. The Morgan fingerprint density at radius 2 is 2.25 bits per heavy atom. The molecule has 0 radical (unpaired) electrons. The summed E-state index contributed by atoms with van der Waals surface area (Å²) in [5.74, 6) is 0.642. The molecule has 0 amide bonds. The van der Waals surface area contributed by atoms with Crippen LogP contribution in [-0.4, -0.2) is 28.4 Å². The van der Waals surface area contributed by atoms with Gasteiger partial charge in [-0.2, -0.15) is 0 Å². The third-order valence-corrected chi connectivity index (χ3v) is 3.02. The molecule has 0 bridgehead atoms. The quantitative estimate of drug-likeness (QED) is 0.817. The van der Waals surface area contributed by atoms with Crippen LogP contribution in [0.5, 0.6) is 0 Å². The van der Waals surface area contributed by atoms with Crippen molar-refractivity contribution in [2.45, 2.75) is 32.9 Å². The maximum Gasteiger partial charge on any atom is 0.192 e. The molecule has 0 saturated carbocycles. The Balaban J connectivity index is 2.33. The third kappa shape index (κ3) is 1.75. The first-order valence-corrected chi connectivity index (χ1v) is 5.60. The van der Waals surface area contributed by atoms with E-state index in [1.807, 2.05) is 18.5 Å². The number of aryl methyl sites for hydroxylation is 1. The highest BCUT2D eigenvalue weighted by Gasteiger charge is 2.30. The molecule has 86 valence electrons. The molecule has 0 saturated heterocycles. The molecule has 0 aromatic carbocycles. The maximum atomic E-state index is 5.91. The van der Waals surface area contributed by atoms with E-state index in [1.54, 1.807) is 0 Å². The van der Waals surface area contributed by atoms with E-state index in [0.29, 0.717) is 12.0 Å². The lowest BCUT2D eigenvalue weighted by Crippen LogP contribution is -2.41. The lowest BCUT2D eigenvalue weighted by Gasteiger charge is -2.30. The minimum Gasteiger partial charge on any atom is -0.370 e. The molecule has 16 heavy (non-hydrogen) atoms. The van der Waals surface area contributed by atoms with Crippen LogP contribution in [0.4, 0.5) is 0 Å². The van der Waals surface area contributed by atoms with Crippen molar-refractivity contribution in [2.24, 2.45) is 10.7 Å². The van der Waals surface area contributed by atoms with Crippen LogP contribution in [-0.2, 0) is 0 Å². The molecule has 1 unspecified atom stereocenters. The number of nitrogens with two attached hydrogens (primary N) is 1. The molecule has 4 nitrogen and oxygen atoms in total. The molecule has 1 aromatic rings. The summed E-state index contributed by atoms with van der Waals surface area (Å²) >= 11 is 0.